The van der Waals surface area contributed by atoms with Gasteiger partial charge in [-0.05, 0) is 24.3 Å². The highest BCUT2D eigenvalue weighted by atomic mass is 19.3. The van der Waals surface area contributed by atoms with E-state index in [0.717, 1.165) is 10.9 Å². The molecule has 0 saturated carbocycles. The van der Waals surface area contributed by atoms with E-state index in [1.54, 1.807) is 24.3 Å². The molecule has 2 aromatic rings. The van der Waals surface area contributed by atoms with Gasteiger partial charge < -0.3 is 10.8 Å². The fourth-order valence-electron chi connectivity index (χ4n) is 1.47. The Kier molecular flexibility index (Phi) is 2.97. The summed E-state index contributed by atoms with van der Waals surface area (Å²) in [6.07, 6.45) is -1.89. The predicted octanol–water partition coefficient (Wildman–Crippen LogP) is 2.09. The molecule has 7 heteroatoms. The van der Waals surface area contributed by atoms with Crippen molar-refractivity contribution in [3.05, 3.63) is 41.7 Å². The standard InChI is InChI=1S/C11H9F2N3O2/c12-10(13)9-8(11(17)18)5-16(15-9)7-3-1-6(14)2-4-7/h1-5,10H,14H2,(H,17,18). The Hall–Kier alpha value is -2.44. The number of aromatic carboxylic acids is 1. The van der Waals surface area contributed by atoms with E-state index in [0.29, 0.717) is 11.4 Å². The molecule has 0 radical (unpaired) electrons. The molecule has 0 spiro atoms. The molecule has 0 aliphatic heterocycles. The lowest BCUT2D eigenvalue weighted by atomic mass is 10.2. The number of hydrogen-bond acceptors (Lipinski definition) is 3. The van der Waals surface area contributed by atoms with E-state index in [4.69, 9.17) is 10.8 Å². The average Bonchev–Trinajstić information content (AvgIpc) is 2.75. The number of nitrogens with two attached hydrogens (primary N) is 1. The van der Waals surface area contributed by atoms with Crippen molar-refractivity contribution in [2.24, 2.45) is 0 Å². The minimum Gasteiger partial charge on any atom is -0.478 e. The van der Waals surface area contributed by atoms with Crippen molar-refractivity contribution in [2.45, 2.75) is 6.43 Å². The third-order valence-electron chi connectivity index (χ3n) is 2.34. The summed E-state index contributed by atoms with van der Waals surface area (Å²) in [7, 11) is 0. The van der Waals surface area contributed by atoms with Crippen molar-refractivity contribution in [1.82, 2.24) is 9.78 Å². The van der Waals surface area contributed by atoms with Crippen LogP contribution in [0, 0.1) is 0 Å². The molecule has 3 N–H and O–H groups in total. The Balaban J connectivity index is 2.49. The minimum absolute atomic E-state index is 0.457. The van der Waals surface area contributed by atoms with E-state index in [9.17, 15) is 13.6 Å². The highest BCUT2D eigenvalue weighted by Crippen LogP contribution is 2.23. The van der Waals surface area contributed by atoms with Crippen LogP contribution in [0.15, 0.2) is 30.5 Å². The van der Waals surface area contributed by atoms with Gasteiger partial charge in [0.1, 0.15) is 11.3 Å². The number of aromatic nitrogens is 2. The van der Waals surface area contributed by atoms with Crippen LogP contribution in [-0.2, 0) is 0 Å². The molecule has 1 heterocycles. The summed E-state index contributed by atoms with van der Waals surface area (Å²) in [6, 6.07) is 6.26. The van der Waals surface area contributed by atoms with Gasteiger partial charge in [0.15, 0.2) is 0 Å². The van der Waals surface area contributed by atoms with Gasteiger partial charge in [-0.3, -0.25) is 0 Å². The quantitative estimate of drug-likeness (QED) is 0.820. The van der Waals surface area contributed by atoms with Crippen LogP contribution in [0.2, 0.25) is 0 Å². The molecule has 1 aromatic carbocycles. The Labute approximate surface area is 100 Å². The molecule has 94 valence electrons. The lowest BCUT2D eigenvalue weighted by Gasteiger charge is -2.01. The van der Waals surface area contributed by atoms with Gasteiger partial charge in [-0.2, -0.15) is 5.10 Å². The fourth-order valence-corrected chi connectivity index (χ4v) is 1.47. The Bertz CT molecular complexity index is 578. The van der Waals surface area contributed by atoms with Crippen LogP contribution < -0.4 is 5.73 Å². The molecule has 0 bridgehead atoms. The lowest BCUT2D eigenvalue weighted by molar-refractivity contribution is 0.0684. The van der Waals surface area contributed by atoms with Gasteiger partial charge in [-0.15, -0.1) is 0 Å². The van der Waals surface area contributed by atoms with Crippen LogP contribution in [0.5, 0.6) is 0 Å². The number of alkyl halides is 2. The molecule has 18 heavy (non-hydrogen) atoms. The van der Waals surface area contributed by atoms with Gasteiger partial charge >= 0.3 is 5.97 Å². The van der Waals surface area contributed by atoms with E-state index >= 15 is 0 Å². The first-order valence-electron chi connectivity index (χ1n) is 4.96. The number of nitrogen functional groups attached to an aromatic ring is 1. The number of carbonyl (C=O) groups is 1. The number of rotatable bonds is 3. The van der Waals surface area contributed by atoms with E-state index in [2.05, 4.69) is 5.10 Å². The summed E-state index contributed by atoms with van der Waals surface area (Å²) < 4.78 is 26.3. The van der Waals surface area contributed by atoms with Crippen molar-refractivity contribution in [3.8, 4) is 5.69 Å². The Morgan fingerprint density at radius 1 is 1.33 bits per heavy atom. The van der Waals surface area contributed by atoms with Crippen molar-refractivity contribution in [1.29, 1.82) is 0 Å². The number of anilines is 1. The average molecular weight is 253 g/mol. The van der Waals surface area contributed by atoms with Gasteiger partial charge in [-0.1, -0.05) is 0 Å². The molecule has 0 fully saturated rings. The normalized spacial score (nSPS) is 10.8. The zero-order valence-electron chi connectivity index (χ0n) is 9.05. The SMILES string of the molecule is Nc1ccc(-n2cc(C(=O)O)c(C(F)F)n2)cc1. The zero-order chi connectivity index (χ0) is 13.3. The van der Waals surface area contributed by atoms with Gasteiger partial charge in [0.05, 0.1) is 5.69 Å². The number of benzene rings is 1. The number of halogens is 2. The van der Waals surface area contributed by atoms with Crippen LogP contribution in [0.1, 0.15) is 22.5 Å². The maximum Gasteiger partial charge on any atom is 0.339 e. The third kappa shape index (κ3) is 2.15. The number of nitrogens with zero attached hydrogens (tertiary/aromatic N) is 2. The van der Waals surface area contributed by atoms with E-state index in [1.807, 2.05) is 0 Å². The maximum atomic E-state index is 12.6. The van der Waals surface area contributed by atoms with E-state index in [1.165, 1.54) is 0 Å². The summed E-state index contributed by atoms with van der Waals surface area (Å²) in [4.78, 5) is 10.8. The summed E-state index contributed by atoms with van der Waals surface area (Å²) in [5, 5.41) is 12.4. The molecule has 0 amide bonds. The highest BCUT2D eigenvalue weighted by Gasteiger charge is 2.23. The maximum absolute atomic E-state index is 12.6. The van der Waals surface area contributed by atoms with E-state index in [-0.39, 0.29) is 0 Å². The minimum atomic E-state index is -2.94. The summed E-state index contributed by atoms with van der Waals surface area (Å²) in [5.74, 6) is -1.44. The molecule has 2 rings (SSSR count). The van der Waals surface area contributed by atoms with Crippen LogP contribution in [-0.4, -0.2) is 20.9 Å². The predicted molar refractivity (Wildman–Crippen MR) is 59.9 cm³/mol. The first-order chi connectivity index (χ1) is 8.49. The van der Waals surface area contributed by atoms with Crippen LogP contribution >= 0.6 is 0 Å². The molecular weight excluding hydrogens is 244 g/mol. The van der Waals surface area contributed by atoms with Crippen LogP contribution in [0.4, 0.5) is 14.5 Å². The first kappa shape index (κ1) is 12.0. The smallest absolute Gasteiger partial charge is 0.339 e. The van der Waals surface area contributed by atoms with Crippen molar-refractivity contribution < 1.29 is 18.7 Å². The molecule has 0 saturated heterocycles. The second kappa shape index (κ2) is 4.44. The van der Waals surface area contributed by atoms with Gasteiger partial charge in [-0.25, -0.2) is 18.3 Å². The molecule has 0 atom stereocenters. The Morgan fingerprint density at radius 2 is 1.94 bits per heavy atom. The van der Waals surface area contributed by atoms with Crippen molar-refractivity contribution >= 4 is 11.7 Å². The molecule has 0 aliphatic rings. The second-order valence-electron chi connectivity index (χ2n) is 3.57. The molecule has 1 aromatic heterocycles. The third-order valence-corrected chi connectivity index (χ3v) is 2.34. The lowest BCUT2D eigenvalue weighted by Crippen LogP contribution is -2.00. The molecule has 0 unspecified atom stereocenters. The molecule has 0 aliphatic carbocycles. The first-order valence-corrected chi connectivity index (χ1v) is 4.96. The number of carboxylic acids is 1. The molecular formula is C11H9F2N3O2. The van der Waals surface area contributed by atoms with Gasteiger partial charge in [0.25, 0.3) is 6.43 Å². The van der Waals surface area contributed by atoms with Crippen molar-refractivity contribution in [3.63, 3.8) is 0 Å². The van der Waals surface area contributed by atoms with Gasteiger partial charge in [0, 0.05) is 11.9 Å². The van der Waals surface area contributed by atoms with E-state index < -0.39 is 23.7 Å². The second-order valence-corrected chi connectivity index (χ2v) is 3.57. The zero-order valence-corrected chi connectivity index (χ0v) is 9.05. The van der Waals surface area contributed by atoms with Crippen LogP contribution in [0.3, 0.4) is 0 Å². The Morgan fingerprint density at radius 3 is 2.39 bits per heavy atom. The fraction of sp³-hybridized carbons (Fsp3) is 0.0909. The van der Waals surface area contributed by atoms with Gasteiger partial charge in [0.2, 0.25) is 0 Å². The molecule has 5 nitrogen and oxygen atoms in total. The number of carboxylic acid groups (broad SMARTS) is 1. The highest BCUT2D eigenvalue weighted by molar-refractivity contribution is 5.88. The van der Waals surface area contributed by atoms with Crippen LogP contribution in [0.25, 0.3) is 5.69 Å². The monoisotopic (exact) mass is 253 g/mol. The largest absolute Gasteiger partial charge is 0.478 e. The number of hydrogen-bond donors (Lipinski definition) is 2. The summed E-state index contributed by atoms with van der Waals surface area (Å²) >= 11 is 0. The topological polar surface area (TPSA) is 81.1 Å². The summed E-state index contributed by atoms with van der Waals surface area (Å²) in [6.45, 7) is 0. The summed E-state index contributed by atoms with van der Waals surface area (Å²) in [5.41, 5.74) is 5.20. The van der Waals surface area contributed by atoms with Crippen molar-refractivity contribution in [2.75, 3.05) is 5.73 Å².